The zero-order valence-electron chi connectivity index (χ0n) is 15.2. The van der Waals surface area contributed by atoms with Crippen LogP contribution in [0, 0.1) is 0 Å². The molecule has 1 aromatic heterocycles. The number of para-hydroxylation sites is 1. The second kappa shape index (κ2) is 7.63. The van der Waals surface area contributed by atoms with Gasteiger partial charge >= 0.3 is 0 Å². The van der Waals surface area contributed by atoms with Crippen LogP contribution in [0.2, 0.25) is 0 Å². The summed E-state index contributed by atoms with van der Waals surface area (Å²) in [6, 6.07) is 5.88. The summed E-state index contributed by atoms with van der Waals surface area (Å²) in [4.78, 5) is 49.6. The van der Waals surface area contributed by atoms with E-state index in [4.69, 9.17) is 0 Å². The van der Waals surface area contributed by atoms with Gasteiger partial charge in [0.05, 0.1) is 23.9 Å². The number of hydrogen-bond acceptors (Lipinski definition) is 6. The third-order valence-electron chi connectivity index (χ3n) is 4.94. The highest BCUT2D eigenvalue weighted by Crippen LogP contribution is 2.19. The monoisotopic (exact) mass is 380 g/mol. The van der Waals surface area contributed by atoms with Crippen molar-refractivity contribution in [3.63, 3.8) is 0 Å². The predicted octanol–water partition coefficient (Wildman–Crippen LogP) is 0.266. The molecule has 0 saturated carbocycles. The van der Waals surface area contributed by atoms with Gasteiger partial charge in [0.1, 0.15) is 11.9 Å². The fraction of sp³-hybridized carbons (Fsp3) is 0.316. The predicted molar refractivity (Wildman–Crippen MR) is 102 cm³/mol. The van der Waals surface area contributed by atoms with Gasteiger partial charge in [0.25, 0.3) is 5.91 Å². The summed E-state index contributed by atoms with van der Waals surface area (Å²) >= 11 is 0. The first-order valence-electron chi connectivity index (χ1n) is 9.11. The van der Waals surface area contributed by atoms with Crippen LogP contribution in [-0.4, -0.2) is 64.8 Å². The van der Waals surface area contributed by atoms with E-state index in [1.54, 1.807) is 47.8 Å². The molecule has 2 aromatic rings. The molecule has 1 aromatic carbocycles. The van der Waals surface area contributed by atoms with Crippen LogP contribution in [-0.2, 0) is 9.59 Å². The van der Waals surface area contributed by atoms with Crippen LogP contribution in [0.5, 0.6) is 0 Å². The zero-order valence-corrected chi connectivity index (χ0v) is 15.2. The Morgan fingerprint density at radius 3 is 2.64 bits per heavy atom. The van der Waals surface area contributed by atoms with Crippen LogP contribution in [0.1, 0.15) is 16.8 Å². The number of benzene rings is 1. The maximum absolute atomic E-state index is 12.7. The Morgan fingerprint density at radius 1 is 1.11 bits per heavy atom. The summed E-state index contributed by atoms with van der Waals surface area (Å²) in [5.74, 6) is -0.128. The van der Waals surface area contributed by atoms with Crippen molar-refractivity contribution >= 4 is 29.2 Å². The molecule has 9 nitrogen and oxygen atoms in total. The molecule has 0 aliphatic carbocycles. The molecule has 0 spiro atoms. The molecule has 1 saturated heterocycles. The van der Waals surface area contributed by atoms with Gasteiger partial charge in [-0.2, -0.15) is 0 Å². The molecule has 2 N–H and O–H groups in total. The van der Waals surface area contributed by atoms with Crippen LogP contribution < -0.4 is 15.5 Å². The van der Waals surface area contributed by atoms with Crippen molar-refractivity contribution in [3.05, 3.63) is 48.4 Å². The highest BCUT2D eigenvalue weighted by atomic mass is 16.2. The Hall–Kier alpha value is -3.49. The first-order chi connectivity index (χ1) is 13.6. The van der Waals surface area contributed by atoms with E-state index in [0.29, 0.717) is 37.4 Å². The smallest absolute Gasteiger partial charge is 0.254 e. The second-order valence-electron chi connectivity index (χ2n) is 6.70. The highest BCUT2D eigenvalue weighted by Gasteiger charge is 2.31. The molecule has 2 aliphatic heterocycles. The molecular weight excluding hydrogens is 360 g/mol. The van der Waals surface area contributed by atoms with Gasteiger partial charge in [0, 0.05) is 38.6 Å². The van der Waals surface area contributed by atoms with Gasteiger partial charge in [-0.1, -0.05) is 12.1 Å². The van der Waals surface area contributed by atoms with Crippen molar-refractivity contribution in [2.45, 2.75) is 12.5 Å². The molecule has 2 aliphatic rings. The van der Waals surface area contributed by atoms with E-state index >= 15 is 0 Å². The van der Waals surface area contributed by atoms with E-state index in [1.165, 1.54) is 0 Å². The Kier molecular flexibility index (Phi) is 4.88. The highest BCUT2D eigenvalue weighted by molar-refractivity contribution is 6.10. The number of carbonyl (C=O) groups is 3. The minimum atomic E-state index is -0.898. The summed E-state index contributed by atoms with van der Waals surface area (Å²) in [7, 11) is 0. The van der Waals surface area contributed by atoms with Gasteiger partial charge in [-0.3, -0.25) is 19.4 Å². The van der Waals surface area contributed by atoms with Crippen LogP contribution in [0.4, 0.5) is 11.5 Å². The Morgan fingerprint density at radius 2 is 1.89 bits per heavy atom. The number of carbonyl (C=O) groups excluding carboxylic acids is 3. The maximum atomic E-state index is 12.7. The largest absolute Gasteiger partial charge is 0.352 e. The van der Waals surface area contributed by atoms with E-state index in [1.807, 2.05) is 0 Å². The summed E-state index contributed by atoms with van der Waals surface area (Å²) in [5, 5.41) is 5.39. The van der Waals surface area contributed by atoms with Crippen LogP contribution in [0.25, 0.3) is 0 Å². The van der Waals surface area contributed by atoms with Crippen molar-refractivity contribution in [1.82, 2.24) is 20.2 Å². The lowest BCUT2D eigenvalue weighted by atomic mass is 10.1. The number of rotatable bonds is 3. The Labute approximate surface area is 161 Å². The lowest BCUT2D eigenvalue weighted by Crippen LogP contribution is -2.51. The van der Waals surface area contributed by atoms with Crippen molar-refractivity contribution in [2.24, 2.45) is 0 Å². The summed E-state index contributed by atoms with van der Waals surface area (Å²) in [6.45, 7) is 2.33. The third kappa shape index (κ3) is 3.64. The van der Waals surface area contributed by atoms with Gasteiger partial charge < -0.3 is 20.4 Å². The van der Waals surface area contributed by atoms with Crippen molar-refractivity contribution < 1.29 is 14.4 Å². The molecule has 0 unspecified atom stereocenters. The average molecular weight is 380 g/mol. The lowest BCUT2D eigenvalue weighted by Gasteiger charge is -2.35. The fourth-order valence-electron chi connectivity index (χ4n) is 3.40. The van der Waals surface area contributed by atoms with Crippen LogP contribution in [0.3, 0.4) is 0 Å². The van der Waals surface area contributed by atoms with E-state index < -0.39 is 6.04 Å². The minimum Gasteiger partial charge on any atom is -0.352 e. The van der Waals surface area contributed by atoms with Gasteiger partial charge in [-0.05, 0) is 12.1 Å². The quantitative estimate of drug-likeness (QED) is 0.791. The first-order valence-corrected chi connectivity index (χ1v) is 9.11. The second-order valence-corrected chi connectivity index (χ2v) is 6.70. The number of fused-ring (bicyclic) bond motifs is 1. The zero-order chi connectivity index (χ0) is 19.5. The van der Waals surface area contributed by atoms with Gasteiger partial charge in [-0.15, -0.1) is 0 Å². The van der Waals surface area contributed by atoms with Gasteiger partial charge in [-0.25, -0.2) is 4.98 Å². The molecule has 3 heterocycles. The molecule has 9 heteroatoms. The standard InChI is InChI=1S/C19H20N6O3/c26-17(25-9-7-24(8-10-25)16-12-20-5-6-21-16)11-15-19(28)22-14-4-2-1-3-13(14)18(27)23-15/h1-6,12,15H,7-11H2,(H,22,28)(H,23,27)/t15-/m1/s1. The number of anilines is 2. The van der Waals surface area contributed by atoms with E-state index in [2.05, 4.69) is 25.5 Å². The molecule has 144 valence electrons. The van der Waals surface area contributed by atoms with Crippen LogP contribution >= 0.6 is 0 Å². The SMILES string of the molecule is O=C1N[C@H](CC(=O)N2CCN(c3cnccn3)CC2)C(=O)Nc2ccccc21. The summed E-state index contributed by atoms with van der Waals surface area (Å²) in [5.41, 5.74) is 0.848. The Bertz CT molecular complexity index is 896. The molecule has 4 rings (SSSR count). The van der Waals surface area contributed by atoms with Gasteiger partial charge in [0.2, 0.25) is 11.8 Å². The van der Waals surface area contributed by atoms with Crippen molar-refractivity contribution in [2.75, 3.05) is 36.4 Å². The fourth-order valence-corrected chi connectivity index (χ4v) is 3.40. The minimum absolute atomic E-state index is 0.0727. The normalized spacial score (nSPS) is 19.4. The molecule has 0 bridgehead atoms. The molecule has 1 fully saturated rings. The maximum Gasteiger partial charge on any atom is 0.254 e. The topological polar surface area (TPSA) is 108 Å². The number of hydrogen-bond donors (Lipinski definition) is 2. The van der Waals surface area contributed by atoms with E-state index in [0.717, 1.165) is 5.82 Å². The molecule has 3 amide bonds. The number of piperazine rings is 1. The molecule has 0 radical (unpaired) electrons. The van der Waals surface area contributed by atoms with Crippen molar-refractivity contribution in [3.8, 4) is 0 Å². The number of nitrogens with zero attached hydrogens (tertiary/aromatic N) is 4. The van der Waals surface area contributed by atoms with Crippen molar-refractivity contribution in [1.29, 1.82) is 0 Å². The Balaban J connectivity index is 1.37. The van der Waals surface area contributed by atoms with E-state index in [9.17, 15) is 14.4 Å². The lowest BCUT2D eigenvalue weighted by molar-refractivity contribution is -0.134. The molecular formula is C19H20N6O3. The molecule has 28 heavy (non-hydrogen) atoms. The average Bonchev–Trinajstić information content (AvgIpc) is 2.85. The van der Waals surface area contributed by atoms with Crippen LogP contribution in [0.15, 0.2) is 42.9 Å². The number of amides is 3. The number of nitrogens with one attached hydrogen (secondary N) is 2. The third-order valence-corrected chi connectivity index (χ3v) is 4.94. The molecule has 1 atom stereocenters. The van der Waals surface area contributed by atoms with Gasteiger partial charge in [0.15, 0.2) is 0 Å². The first kappa shape index (κ1) is 17.9. The number of aromatic nitrogens is 2. The summed E-state index contributed by atoms with van der Waals surface area (Å²) < 4.78 is 0. The van der Waals surface area contributed by atoms with E-state index in [-0.39, 0.29) is 24.1 Å². The summed E-state index contributed by atoms with van der Waals surface area (Å²) in [6.07, 6.45) is 4.88.